The zero-order valence-corrected chi connectivity index (χ0v) is 15.2. The predicted octanol–water partition coefficient (Wildman–Crippen LogP) is 1.82. The Morgan fingerprint density at radius 3 is 2.73 bits per heavy atom. The Kier molecular flexibility index (Phi) is 5.12. The van der Waals surface area contributed by atoms with Gasteiger partial charge in [-0.2, -0.15) is 0 Å². The average molecular weight is 371 g/mol. The van der Waals surface area contributed by atoms with Crippen molar-refractivity contribution in [3.8, 4) is 11.1 Å². The van der Waals surface area contributed by atoms with E-state index in [2.05, 4.69) is 9.88 Å². The smallest absolute Gasteiger partial charge is 0.262 e. The number of hydrogen-bond donors (Lipinski definition) is 1. The lowest BCUT2D eigenvalue weighted by atomic mass is 10.1. The fourth-order valence-corrected chi connectivity index (χ4v) is 4.20. The van der Waals surface area contributed by atoms with Gasteiger partial charge in [-0.25, -0.2) is 4.98 Å². The molecule has 1 aromatic carbocycles. The third-order valence-corrected chi connectivity index (χ3v) is 5.51. The number of hydrogen-bond acceptors (Lipinski definition) is 6. The Morgan fingerprint density at radius 1 is 1.19 bits per heavy atom. The minimum Gasteiger partial charge on any atom is -0.390 e. The minimum atomic E-state index is -0.621. The molecule has 1 fully saturated rings. The lowest BCUT2D eigenvalue weighted by Gasteiger charge is -2.28. The maximum absolute atomic E-state index is 13.0. The highest BCUT2D eigenvalue weighted by molar-refractivity contribution is 7.17. The van der Waals surface area contributed by atoms with E-state index in [0.717, 1.165) is 29.0 Å². The van der Waals surface area contributed by atoms with Gasteiger partial charge in [-0.1, -0.05) is 30.3 Å². The summed E-state index contributed by atoms with van der Waals surface area (Å²) in [7, 11) is 0. The van der Waals surface area contributed by atoms with Crippen LogP contribution >= 0.6 is 11.3 Å². The first-order valence-electron chi connectivity index (χ1n) is 8.72. The van der Waals surface area contributed by atoms with Crippen LogP contribution in [0.15, 0.2) is 46.8 Å². The second-order valence-electron chi connectivity index (χ2n) is 6.46. The average Bonchev–Trinajstić information content (AvgIpc) is 3.10. The van der Waals surface area contributed by atoms with Gasteiger partial charge in [0.1, 0.15) is 4.83 Å². The number of nitrogens with zero attached hydrogens (tertiary/aromatic N) is 3. The molecule has 1 atom stereocenters. The van der Waals surface area contributed by atoms with E-state index in [9.17, 15) is 9.90 Å². The maximum Gasteiger partial charge on any atom is 0.262 e. The van der Waals surface area contributed by atoms with Crippen molar-refractivity contribution >= 4 is 21.6 Å². The zero-order valence-electron chi connectivity index (χ0n) is 14.4. The molecule has 136 valence electrons. The molecule has 0 spiro atoms. The zero-order chi connectivity index (χ0) is 17.9. The van der Waals surface area contributed by atoms with Crippen LogP contribution in [-0.4, -0.2) is 58.5 Å². The SMILES string of the molecule is O=c1c2c(-c3ccccc3)csc2ncn1C[C@H](O)CN1CCOCC1. The molecule has 0 unspecified atom stereocenters. The van der Waals surface area contributed by atoms with Crippen molar-refractivity contribution in [2.24, 2.45) is 0 Å². The molecule has 0 radical (unpaired) electrons. The molecule has 4 rings (SSSR count). The number of aromatic nitrogens is 2. The molecule has 7 heteroatoms. The summed E-state index contributed by atoms with van der Waals surface area (Å²) in [6, 6.07) is 9.85. The highest BCUT2D eigenvalue weighted by atomic mass is 32.1. The van der Waals surface area contributed by atoms with Crippen LogP contribution in [0, 0.1) is 0 Å². The van der Waals surface area contributed by atoms with Gasteiger partial charge in [0, 0.05) is 30.6 Å². The Morgan fingerprint density at radius 2 is 1.96 bits per heavy atom. The number of thiophene rings is 1. The van der Waals surface area contributed by atoms with Gasteiger partial charge < -0.3 is 9.84 Å². The molecule has 1 N–H and O–H groups in total. The standard InChI is InChI=1S/C19H21N3O3S/c23-15(10-21-6-8-25-9-7-21)11-22-13-20-18-17(19(22)24)16(12-26-18)14-4-2-1-3-5-14/h1-5,12-13,15,23H,6-11H2/t15-/m1/s1. The second-order valence-corrected chi connectivity index (χ2v) is 7.32. The number of β-amino-alcohol motifs (C(OH)–C–C–N with tert-alkyl or cyclic N) is 1. The molecule has 2 aromatic heterocycles. The van der Waals surface area contributed by atoms with E-state index in [1.807, 2.05) is 35.7 Å². The van der Waals surface area contributed by atoms with Crippen LogP contribution in [0.25, 0.3) is 21.3 Å². The Balaban J connectivity index is 1.60. The van der Waals surface area contributed by atoms with Crippen LogP contribution in [0.4, 0.5) is 0 Å². The Hall–Kier alpha value is -2.06. The molecule has 0 saturated carbocycles. The topological polar surface area (TPSA) is 67.6 Å². The molecule has 1 aliphatic heterocycles. The molecule has 0 bridgehead atoms. The fourth-order valence-electron chi connectivity index (χ4n) is 3.29. The van der Waals surface area contributed by atoms with Gasteiger partial charge in [-0.05, 0) is 5.56 Å². The van der Waals surface area contributed by atoms with E-state index < -0.39 is 6.10 Å². The summed E-state index contributed by atoms with van der Waals surface area (Å²) in [5.41, 5.74) is 1.81. The predicted molar refractivity (Wildman–Crippen MR) is 103 cm³/mol. The number of rotatable bonds is 5. The monoisotopic (exact) mass is 371 g/mol. The van der Waals surface area contributed by atoms with Gasteiger partial charge in [0.25, 0.3) is 5.56 Å². The fraction of sp³-hybridized carbons (Fsp3) is 0.368. The van der Waals surface area contributed by atoms with E-state index in [1.165, 1.54) is 15.9 Å². The van der Waals surface area contributed by atoms with Gasteiger partial charge in [0.15, 0.2) is 0 Å². The van der Waals surface area contributed by atoms with Gasteiger partial charge in [0.05, 0.1) is 37.6 Å². The number of aliphatic hydroxyl groups is 1. The minimum absolute atomic E-state index is 0.101. The lowest BCUT2D eigenvalue weighted by molar-refractivity contribution is 0.0113. The summed E-state index contributed by atoms with van der Waals surface area (Å²) >= 11 is 1.47. The van der Waals surface area contributed by atoms with E-state index in [0.29, 0.717) is 25.1 Å². The van der Waals surface area contributed by atoms with Crippen molar-refractivity contribution in [3.63, 3.8) is 0 Å². The molecule has 1 saturated heterocycles. The number of ether oxygens (including phenoxy) is 1. The first-order valence-corrected chi connectivity index (χ1v) is 9.60. The van der Waals surface area contributed by atoms with E-state index in [1.54, 1.807) is 6.33 Å². The van der Waals surface area contributed by atoms with Crippen LogP contribution in [-0.2, 0) is 11.3 Å². The second kappa shape index (κ2) is 7.67. The van der Waals surface area contributed by atoms with E-state index >= 15 is 0 Å². The quantitative estimate of drug-likeness (QED) is 0.741. The third kappa shape index (κ3) is 3.57. The summed E-state index contributed by atoms with van der Waals surface area (Å²) in [6.07, 6.45) is 0.919. The summed E-state index contributed by atoms with van der Waals surface area (Å²) in [6.45, 7) is 3.77. The first-order chi connectivity index (χ1) is 12.7. The van der Waals surface area contributed by atoms with Crippen molar-refractivity contribution in [1.29, 1.82) is 0 Å². The molecule has 6 nitrogen and oxygen atoms in total. The molecule has 0 aliphatic carbocycles. The Labute approximate surface area is 155 Å². The number of fused-ring (bicyclic) bond motifs is 1. The molecule has 26 heavy (non-hydrogen) atoms. The lowest BCUT2D eigenvalue weighted by Crippen LogP contribution is -2.42. The number of benzene rings is 1. The normalized spacial score (nSPS) is 16.8. The van der Waals surface area contributed by atoms with Gasteiger partial charge >= 0.3 is 0 Å². The van der Waals surface area contributed by atoms with Gasteiger partial charge in [0.2, 0.25) is 0 Å². The molecule has 1 aliphatic rings. The van der Waals surface area contributed by atoms with Crippen LogP contribution in [0.1, 0.15) is 0 Å². The summed E-state index contributed by atoms with van der Waals surface area (Å²) in [5, 5.41) is 13.0. The van der Waals surface area contributed by atoms with Crippen molar-refractivity contribution in [3.05, 3.63) is 52.4 Å². The summed E-state index contributed by atoms with van der Waals surface area (Å²) in [5.74, 6) is 0. The molecular formula is C19H21N3O3S. The van der Waals surface area contributed by atoms with Crippen LogP contribution < -0.4 is 5.56 Å². The van der Waals surface area contributed by atoms with E-state index in [4.69, 9.17) is 4.74 Å². The van der Waals surface area contributed by atoms with E-state index in [-0.39, 0.29) is 12.1 Å². The summed E-state index contributed by atoms with van der Waals surface area (Å²) in [4.78, 5) is 20.3. The number of aliphatic hydroxyl groups excluding tert-OH is 1. The first kappa shape index (κ1) is 17.4. The molecule has 3 heterocycles. The Bertz CT molecular complexity index is 932. The molecule has 0 amide bonds. The third-order valence-electron chi connectivity index (χ3n) is 4.63. The number of morpholine rings is 1. The van der Waals surface area contributed by atoms with Crippen LogP contribution in [0.2, 0.25) is 0 Å². The highest BCUT2D eigenvalue weighted by Gasteiger charge is 2.18. The van der Waals surface area contributed by atoms with Crippen molar-refractivity contribution in [2.75, 3.05) is 32.8 Å². The molecule has 3 aromatic rings. The van der Waals surface area contributed by atoms with Crippen molar-refractivity contribution in [1.82, 2.24) is 14.5 Å². The van der Waals surface area contributed by atoms with Crippen molar-refractivity contribution < 1.29 is 9.84 Å². The van der Waals surface area contributed by atoms with Gasteiger partial charge in [-0.15, -0.1) is 11.3 Å². The van der Waals surface area contributed by atoms with Gasteiger partial charge in [-0.3, -0.25) is 14.3 Å². The van der Waals surface area contributed by atoms with Crippen LogP contribution in [0.3, 0.4) is 0 Å². The summed E-state index contributed by atoms with van der Waals surface area (Å²) < 4.78 is 6.85. The van der Waals surface area contributed by atoms with Crippen LogP contribution in [0.5, 0.6) is 0 Å². The maximum atomic E-state index is 13.0. The largest absolute Gasteiger partial charge is 0.390 e. The van der Waals surface area contributed by atoms with Crippen molar-refractivity contribution in [2.45, 2.75) is 12.6 Å². The highest BCUT2D eigenvalue weighted by Crippen LogP contribution is 2.30. The molecular weight excluding hydrogens is 350 g/mol.